The van der Waals surface area contributed by atoms with Gasteiger partial charge in [-0.05, 0) is 77.7 Å². The average Bonchev–Trinajstić information content (AvgIpc) is 3.49. The molecule has 0 radical (unpaired) electrons. The van der Waals surface area contributed by atoms with Crippen LogP contribution in [0.1, 0.15) is 110 Å². The van der Waals surface area contributed by atoms with Gasteiger partial charge in [-0.25, -0.2) is 4.79 Å². The number of phenols is 2. The zero-order valence-corrected chi connectivity index (χ0v) is 35.4. The average molecular weight is 791 g/mol. The number of ether oxygens (including phenoxy) is 3. The maximum absolute atomic E-state index is 14.4. The molecule has 0 aromatic heterocycles. The molecule has 3 aliphatic rings. The minimum absolute atomic E-state index is 0.0180. The summed E-state index contributed by atoms with van der Waals surface area (Å²) in [5, 5.41) is 38.7. The summed E-state index contributed by atoms with van der Waals surface area (Å²) >= 11 is 0. The van der Waals surface area contributed by atoms with Gasteiger partial charge in [0.25, 0.3) is 5.91 Å². The van der Waals surface area contributed by atoms with Gasteiger partial charge >= 0.3 is 11.9 Å². The van der Waals surface area contributed by atoms with E-state index in [4.69, 9.17) is 24.2 Å². The Balaban J connectivity index is 1.77. The minimum atomic E-state index is -0.979. The number of likely N-dealkylation sites (tertiary alicyclic amines) is 1. The van der Waals surface area contributed by atoms with Crippen LogP contribution in [0.4, 0.5) is 5.69 Å². The highest BCUT2D eigenvalue weighted by atomic mass is 16.5. The maximum atomic E-state index is 14.4. The molecular weight excluding hydrogens is 729 g/mol. The fourth-order valence-corrected chi connectivity index (χ4v) is 8.97. The van der Waals surface area contributed by atoms with Gasteiger partial charge in [0.05, 0.1) is 30.6 Å². The van der Waals surface area contributed by atoms with Gasteiger partial charge in [-0.2, -0.15) is 0 Å². The summed E-state index contributed by atoms with van der Waals surface area (Å²) in [6.45, 7) is 16.5. The fraction of sp³-hybridized carbons (Fsp3) is 0.614. The van der Waals surface area contributed by atoms with Crippen molar-refractivity contribution in [3.05, 3.63) is 45.6 Å². The van der Waals surface area contributed by atoms with Crippen LogP contribution in [0.25, 0.3) is 10.8 Å². The van der Waals surface area contributed by atoms with E-state index in [2.05, 4.69) is 31.1 Å². The van der Waals surface area contributed by atoms with Crippen LogP contribution in [0, 0.1) is 30.6 Å². The summed E-state index contributed by atoms with van der Waals surface area (Å²) in [5.41, 5.74) is -0.528. The summed E-state index contributed by atoms with van der Waals surface area (Å²) < 4.78 is 17.5. The molecular formula is C44H62N4O9. The number of hydrogen-bond acceptors (Lipinski definition) is 12. The molecule has 3 heterocycles. The monoisotopic (exact) mass is 790 g/mol. The summed E-state index contributed by atoms with van der Waals surface area (Å²) in [6.07, 6.45) is 7.64. The molecule has 3 aliphatic heterocycles. The van der Waals surface area contributed by atoms with Crippen LogP contribution in [-0.2, 0) is 19.1 Å². The van der Waals surface area contributed by atoms with Crippen molar-refractivity contribution in [3.63, 3.8) is 0 Å². The number of carbonyl (C=O) groups is 3. The molecule has 1 spiro atoms. The minimum Gasteiger partial charge on any atom is -0.507 e. The van der Waals surface area contributed by atoms with Crippen molar-refractivity contribution in [2.75, 3.05) is 26.1 Å². The molecule has 1 saturated heterocycles. The Morgan fingerprint density at radius 3 is 2.37 bits per heavy atom. The van der Waals surface area contributed by atoms with Gasteiger partial charge in [0.15, 0.2) is 11.4 Å². The van der Waals surface area contributed by atoms with Crippen molar-refractivity contribution < 1.29 is 43.9 Å². The third kappa shape index (κ3) is 8.69. The van der Waals surface area contributed by atoms with Crippen LogP contribution in [0.5, 0.6) is 17.2 Å². The number of rotatable bonds is 3. The maximum Gasteiger partial charge on any atom is 0.342 e. The molecule has 0 aliphatic carbocycles. The standard InChI is InChI=1S/C44H62N4O9/c1-12-30-21-44(18-16-26(6)48(30)10)46-34-31-32-38(51)28(8)41(55-11)33(31)43(54)56-19-17-23(3)40(57-29(9)49)27(7)37(50)25(5)20-22(2)14-13-15-24(4)42(53)45-36(39(32)52)35(34)47-44/h13-15,22-23,25-27,30,37,40,50-52H,12,16-21H2,1-11H3,(H,45,53)/b14-13+,24-15-/t22-,23+,25+,26+,27+,30-,37+,40+,44+/m0/s1. The van der Waals surface area contributed by atoms with Crippen molar-refractivity contribution in [1.82, 2.24) is 4.90 Å². The number of carbonyl (C=O) groups excluding carboxylic acids is 3. The lowest BCUT2D eigenvalue weighted by atomic mass is 9.80. The predicted octanol–water partition coefficient (Wildman–Crippen LogP) is 6.03. The molecule has 57 heavy (non-hydrogen) atoms. The van der Waals surface area contributed by atoms with Crippen molar-refractivity contribution >= 4 is 34.3 Å². The molecule has 1 amide bonds. The lowest BCUT2D eigenvalue weighted by molar-refractivity contribution is -0.156. The van der Waals surface area contributed by atoms with Crippen molar-refractivity contribution in [2.45, 2.75) is 131 Å². The number of aliphatic hydroxyl groups excluding tert-OH is 1. The van der Waals surface area contributed by atoms with Gasteiger partial charge in [-0.1, -0.05) is 52.8 Å². The van der Waals surface area contributed by atoms with Gasteiger partial charge in [0.2, 0.25) is 0 Å². The Bertz CT molecular complexity index is 2080. The normalized spacial score (nSPS) is 32.1. The molecule has 13 heteroatoms. The SMILES string of the molecule is CC[C@H]1C[C@@]2(CC[C@@H](C)N1C)N=c1c3c(O)c4c(O)c(C)c(OC)c(c4c1=N2)C(=O)OCC[C@@H](C)[C@@H](OC(C)=O)[C@H](C)[C@H](O)[C@H](C)C[C@@H](C)/C=C/C=C(/C)C(=O)N3. The third-order valence-corrected chi connectivity index (χ3v) is 12.6. The van der Waals surface area contributed by atoms with Crippen molar-refractivity contribution in [2.24, 2.45) is 33.7 Å². The second-order valence-corrected chi connectivity index (χ2v) is 16.8. The molecule has 13 nitrogen and oxygen atoms in total. The van der Waals surface area contributed by atoms with Crippen molar-refractivity contribution in [1.29, 1.82) is 0 Å². The first kappa shape index (κ1) is 43.6. The number of benzene rings is 2. The molecule has 312 valence electrons. The van der Waals surface area contributed by atoms with Crippen LogP contribution in [-0.4, -0.2) is 88.8 Å². The Morgan fingerprint density at radius 1 is 1.04 bits per heavy atom. The quantitative estimate of drug-likeness (QED) is 0.212. The number of methoxy groups -OCH3 is 1. The first-order valence-corrected chi connectivity index (χ1v) is 20.3. The number of esters is 2. The summed E-state index contributed by atoms with van der Waals surface area (Å²) in [4.78, 5) is 53.4. The van der Waals surface area contributed by atoms with Gasteiger partial charge in [-0.15, -0.1) is 0 Å². The van der Waals surface area contributed by atoms with Crippen LogP contribution >= 0.6 is 0 Å². The molecule has 1 fully saturated rings. The molecule has 5 rings (SSSR count). The molecule has 4 N–H and O–H groups in total. The number of phenolic OH excluding ortho intramolecular Hbond substituents is 2. The van der Waals surface area contributed by atoms with Crippen molar-refractivity contribution in [3.8, 4) is 17.2 Å². The number of aromatic hydroxyl groups is 2. The zero-order valence-electron chi connectivity index (χ0n) is 35.4. The summed E-state index contributed by atoms with van der Waals surface area (Å²) in [6, 6.07) is 0.368. The summed E-state index contributed by atoms with van der Waals surface area (Å²) in [7, 11) is 3.48. The predicted molar refractivity (Wildman–Crippen MR) is 218 cm³/mol. The number of nitrogens with zero attached hydrogens (tertiary/aromatic N) is 3. The first-order chi connectivity index (χ1) is 26.9. The van der Waals surface area contributed by atoms with Crippen LogP contribution < -0.4 is 20.8 Å². The van der Waals surface area contributed by atoms with E-state index in [1.807, 2.05) is 33.8 Å². The Morgan fingerprint density at radius 2 is 1.72 bits per heavy atom. The number of aliphatic hydroxyl groups is 1. The Labute approximate surface area is 335 Å². The van der Waals surface area contributed by atoms with Crippen LogP contribution in [0.3, 0.4) is 0 Å². The number of amides is 1. The molecule has 9 atom stereocenters. The van der Waals surface area contributed by atoms with Gasteiger partial charge in [-0.3, -0.25) is 19.6 Å². The Hall–Kier alpha value is -4.49. The number of cyclic esters (lactones) is 1. The van der Waals surface area contributed by atoms with E-state index in [1.54, 1.807) is 26.0 Å². The fourth-order valence-electron chi connectivity index (χ4n) is 8.97. The van der Waals surface area contributed by atoms with E-state index < -0.39 is 47.4 Å². The number of nitrogens with one attached hydrogen (secondary N) is 1. The second-order valence-electron chi connectivity index (χ2n) is 16.8. The van der Waals surface area contributed by atoms with Crippen LogP contribution in [0.2, 0.25) is 0 Å². The van der Waals surface area contributed by atoms with Crippen LogP contribution in [0.15, 0.2) is 33.8 Å². The molecule has 2 aromatic carbocycles. The smallest absolute Gasteiger partial charge is 0.342 e. The highest BCUT2D eigenvalue weighted by Gasteiger charge is 2.42. The lowest BCUT2D eigenvalue weighted by Gasteiger charge is -2.34. The lowest BCUT2D eigenvalue weighted by Crippen LogP contribution is -2.40. The van der Waals surface area contributed by atoms with E-state index in [-0.39, 0.29) is 86.2 Å². The third-order valence-electron chi connectivity index (χ3n) is 12.6. The Kier molecular flexibility index (Phi) is 13.4. The highest BCUT2D eigenvalue weighted by Crippen LogP contribution is 2.46. The van der Waals surface area contributed by atoms with Gasteiger partial charge in [0.1, 0.15) is 34.2 Å². The van der Waals surface area contributed by atoms with Gasteiger partial charge < -0.3 is 39.7 Å². The number of hydrogen-bond donors (Lipinski definition) is 4. The van der Waals surface area contributed by atoms with E-state index >= 15 is 0 Å². The number of anilines is 1. The highest BCUT2D eigenvalue weighted by molar-refractivity contribution is 6.14. The zero-order chi connectivity index (χ0) is 42.1. The van der Waals surface area contributed by atoms with E-state index in [0.29, 0.717) is 31.3 Å². The summed E-state index contributed by atoms with van der Waals surface area (Å²) in [5.74, 6) is -3.39. The largest absolute Gasteiger partial charge is 0.507 e. The second kappa shape index (κ2) is 17.6. The number of allylic oxidation sites excluding steroid dienone is 3. The van der Waals surface area contributed by atoms with E-state index in [0.717, 1.165) is 12.8 Å². The van der Waals surface area contributed by atoms with Gasteiger partial charge in [0, 0.05) is 47.9 Å². The molecule has 0 saturated carbocycles. The first-order valence-electron chi connectivity index (χ1n) is 20.3. The van der Waals surface area contributed by atoms with E-state index in [9.17, 15) is 29.7 Å². The van der Waals surface area contributed by atoms with E-state index in [1.165, 1.54) is 14.0 Å². The topological polar surface area (TPSA) is 180 Å². The molecule has 2 bridgehead atoms. The molecule has 0 unspecified atom stereocenters. The molecule has 2 aromatic rings.